The first-order valence-corrected chi connectivity index (χ1v) is 5.85. The van der Waals surface area contributed by atoms with E-state index in [1.54, 1.807) is 7.11 Å². The molecule has 1 heterocycles. The molecular formula is C13H22N2O. The maximum absolute atomic E-state index is 5.01. The summed E-state index contributed by atoms with van der Waals surface area (Å²) in [6.07, 6.45) is 3.78. The molecule has 1 unspecified atom stereocenters. The maximum Gasteiger partial charge on any atom is 0.0587 e. The van der Waals surface area contributed by atoms with Crippen molar-refractivity contribution >= 4 is 0 Å². The van der Waals surface area contributed by atoms with Gasteiger partial charge in [-0.1, -0.05) is 19.9 Å². The van der Waals surface area contributed by atoms with Crippen LogP contribution in [0.5, 0.6) is 0 Å². The van der Waals surface area contributed by atoms with Crippen LogP contribution in [0.15, 0.2) is 24.5 Å². The number of ether oxygens (including phenoxy) is 1. The Hall–Kier alpha value is -0.930. The van der Waals surface area contributed by atoms with E-state index in [0.717, 1.165) is 19.7 Å². The second-order valence-corrected chi connectivity index (χ2v) is 4.33. The number of nitrogens with one attached hydrogen (secondary N) is 1. The number of pyridine rings is 1. The van der Waals surface area contributed by atoms with Crippen LogP contribution in [0.3, 0.4) is 0 Å². The normalized spacial score (nSPS) is 13.0. The van der Waals surface area contributed by atoms with Gasteiger partial charge in [0, 0.05) is 38.5 Å². The Morgan fingerprint density at radius 2 is 2.25 bits per heavy atom. The van der Waals surface area contributed by atoms with E-state index in [1.807, 2.05) is 18.5 Å². The van der Waals surface area contributed by atoms with E-state index in [4.69, 9.17) is 4.74 Å². The number of methoxy groups -OCH3 is 1. The van der Waals surface area contributed by atoms with Crippen molar-refractivity contribution in [2.45, 2.75) is 19.8 Å². The Kier molecular flexibility index (Phi) is 6.04. The van der Waals surface area contributed by atoms with Crippen LogP contribution in [0, 0.1) is 5.92 Å². The van der Waals surface area contributed by atoms with Crippen LogP contribution in [-0.2, 0) is 4.74 Å². The Morgan fingerprint density at radius 3 is 2.81 bits per heavy atom. The Bertz CT molecular complexity index is 275. The van der Waals surface area contributed by atoms with E-state index < -0.39 is 0 Å². The van der Waals surface area contributed by atoms with E-state index in [1.165, 1.54) is 5.56 Å². The highest BCUT2D eigenvalue weighted by atomic mass is 16.5. The minimum Gasteiger partial charge on any atom is -0.383 e. The van der Waals surface area contributed by atoms with Crippen LogP contribution < -0.4 is 5.32 Å². The van der Waals surface area contributed by atoms with Gasteiger partial charge < -0.3 is 10.1 Å². The predicted molar refractivity (Wildman–Crippen MR) is 66.6 cm³/mol. The second-order valence-electron chi connectivity index (χ2n) is 4.33. The summed E-state index contributed by atoms with van der Waals surface area (Å²) in [5.41, 5.74) is 1.31. The first kappa shape index (κ1) is 13.1. The molecule has 0 fully saturated rings. The topological polar surface area (TPSA) is 34.1 Å². The molecule has 1 aromatic heterocycles. The van der Waals surface area contributed by atoms with Crippen LogP contribution >= 0.6 is 0 Å². The highest BCUT2D eigenvalue weighted by molar-refractivity contribution is 5.15. The predicted octanol–water partition coefficient (Wildman–Crippen LogP) is 2.06. The van der Waals surface area contributed by atoms with Crippen LogP contribution in [0.4, 0.5) is 0 Å². The molecule has 0 saturated heterocycles. The van der Waals surface area contributed by atoms with Crippen molar-refractivity contribution in [1.29, 1.82) is 0 Å². The summed E-state index contributed by atoms with van der Waals surface area (Å²) in [4.78, 5) is 4.18. The van der Waals surface area contributed by atoms with Gasteiger partial charge in [-0.05, 0) is 17.5 Å². The molecule has 0 aliphatic rings. The fraction of sp³-hybridized carbons (Fsp3) is 0.615. The van der Waals surface area contributed by atoms with Gasteiger partial charge in [0.15, 0.2) is 0 Å². The Morgan fingerprint density at radius 1 is 1.44 bits per heavy atom. The lowest BCUT2D eigenvalue weighted by molar-refractivity contribution is 0.198. The lowest BCUT2D eigenvalue weighted by atomic mass is 9.89. The Balaban J connectivity index is 2.49. The van der Waals surface area contributed by atoms with Gasteiger partial charge in [-0.2, -0.15) is 0 Å². The van der Waals surface area contributed by atoms with Crippen molar-refractivity contribution < 1.29 is 4.74 Å². The largest absolute Gasteiger partial charge is 0.383 e. The van der Waals surface area contributed by atoms with Gasteiger partial charge in [0.05, 0.1) is 6.61 Å². The molecule has 0 aliphatic carbocycles. The van der Waals surface area contributed by atoms with E-state index >= 15 is 0 Å². The summed E-state index contributed by atoms with van der Waals surface area (Å²) in [5, 5.41) is 3.41. The zero-order valence-corrected chi connectivity index (χ0v) is 10.4. The first-order valence-electron chi connectivity index (χ1n) is 5.85. The fourth-order valence-electron chi connectivity index (χ4n) is 1.77. The van der Waals surface area contributed by atoms with Gasteiger partial charge >= 0.3 is 0 Å². The van der Waals surface area contributed by atoms with E-state index in [-0.39, 0.29) is 0 Å². The summed E-state index contributed by atoms with van der Waals surface area (Å²) in [6, 6.07) is 4.15. The van der Waals surface area contributed by atoms with Crippen LogP contribution in [0.1, 0.15) is 25.3 Å². The van der Waals surface area contributed by atoms with E-state index in [9.17, 15) is 0 Å². The van der Waals surface area contributed by atoms with Crippen molar-refractivity contribution in [3.05, 3.63) is 30.1 Å². The van der Waals surface area contributed by atoms with Gasteiger partial charge in [0.1, 0.15) is 0 Å². The van der Waals surface area contributed by atoms with Crippen molar-refractivity contribution in [3.63, 3.8) is 0 Å². The lowest BCUT2D eigenvalue weighted by Gasteiger charge is -2.21. The van der Waals surface area contributed by atoms with Crippen LogP contribution in [-0.4, -0.2) is 31.8 Å². The van der Waals surface area contributed by atoms with Crippen LogP contribution in [0.2, 0.25) is 0 Å². The highest BCUT2D eigenvalue weighted by Gasteiger charge is 2.15. The molecular weight excluding hydrogens is 200 g/mol. The standard InChI is InChI=1S/C13H22N2O/c1-11(2)13(10-15-7-8-16-3)12-5-4-6-14-9-12/h4-6,9,11,13,15H,7-8,10H2,1-3H3. The average Bonchev–Trinajstić information content (AvgIpc) is 2.30. The summed E-state index contributed by atoms with van der Waals surface area (Å²) >= 11 is 0. The molecule has 90 valence electrons. The van der Waals surface area contributed by atoms with Gasteiger partial charge in [-0.3, -0.25) is 4.98 Å². The molecule has 3 nitrogen and oxygen atoms in total. The molecule has 1 N–H and O–H groups in total. The number of hydrogen-bond acceptors (Lipinski definition) is 3. The fourth-order valence-corrected chi connectivity index (χ4v) is 1.77. The van der Waals surface area contributed by atoms with E-state index in [0.29, 0.717) is 11.8 Å². The monoisotopic (exact) mass is 222 g/mol. The quantitative estimate of drug-likeness (QED) is 0.717. The van der Waals surface area contributed by atoms with E-state index in [2.05, 4.69) is 30.2 Å². The SMILES string of the molecule is COCCNCC(c1cccnc1)C(C)C. The molecule has 0 saturated carbocycles. The van der Waals surface area contributed by atoms with Crippen molar-refractivity contribution in [2.24, 2.45) is 5.92 Å². The molecule has 16 heavy (non-hydrogen) atoms. The van der Waals surface area contributed by atoms with Crippen molar-refractivity contribution in [3.8, 4) is 0 Å². The average molecular weight is 222 g/mol. The number of aromatic nitrogens is 1. The van der Waals surface area contributed by atoms with Crippen LogP contribution in [0.25, 0.3) is 0 Å². The molecule has 0 bridgehead atoms. The molecule has 3 heteroatoms. The summed E-state index contributed by atoms with van der Waals surface area (Å²) < 4.78 is 5.01. The molecule has 0 aromatic carbocycles. The zero-order valence-electron chi connectivity index (χ0n) is 10.4. The molecule has 1 atom stereocenters. The van der Waals surface area contributed by atoms with Crippen molar-refractivity contribution in [2.75, 3.05) is 26.8 Å². The minimum absolute atomic E-state index is 0.519. The highest BCUT2D eigenvalue weighted by Crippen LogP contribution is 2.22. The molecule has 0 amide bonds. The van der Waals surface area contributed by atoms with Crippen molar-refractivity contribution in [1.82, 2.24) is 10.3 Å². The summed E-state index contributed by atoms with van der Waals surface area (Å²) in [6.45, 7) is 7.13. The minimum atomic E-state index is 0.519. The van der Waals surface area contributed by atoms with Gasteiger partial charge in [0.25, 0.3) is 0 Å². The lowest BCUT2D eigenvalue weighted by Crippen LogP contribution is -2.27. The number of nitrogens with zero attached hydrogens (tertiary/aromatic N) is 1. The third kappa shape index (κ3) is 4.29. The number of hydrogen-bond donors (Lipinski definition) is 1. The second kappa shape index (κ2) is 7.36. The molecule has 0 aliphatic heterocycles. The third-order valence-corrected chi connectivity index (χ3v) is 2.76. The summed E-state index contributed by atoms with van der Waals surface area (Å²) in [5.74, 6) is 1.13. The first-order chi connectivity index (χ1) is 7.75. The zero-order chi connectivity index (χ0) is 11.8. The van der Waals surface area contributed by atoms with Gasteiger partial charge in [0.2, 0.25) is 0 Å². The van der Waals surface area contributed by atoms with Gasteiger partial charge in [-0.15, -0.1) is 0 Å². The molecule has 1 aromatic rings. The molecule has 0 radical (unpaired) electrons. The maximum atomic E-state index is 5.01. The Labute approximate surface area is 98.2 Å². The molecule has 1 rings (SSSR count). The molecule has 0 spiro atoms. The van der Waals surface area contributed by atoms with Gasteiger partial charge in [-0.25, -0.2) is 0 Å². The number of rotatable bonds is 7. The third-order valence-electron chi connectivity index (χ3n) is 2.76. The smallest absolute Gasteiger partial charge is 0.0587 e. The summed E-state index contributed by atoms with van der Waals surface area (Å²) in [7, 11) is 1.72.